The van der Waals surface area contributed by atoms with Gasteiger partial charge in [0, 0.05) is 19.8 Å². The molecule has 0 unspecified atom stereocenters. The molecule has 0 saturated heterocycles. The van der Waals surface area contributed by atoms with E-state index in [1.165, 1.54) is 31.2 Å². The molecule has 132 valence electrons. The third-order valence-electron chi connectivity index (χ3n) is 5.15. The van der Waals surface area contributed by atoms with E-state index in [-0.39, 0.29) is 0 Å². The first kappa shape index (κ1) is 17.8. The molecular weight excluding hydrogens is 318 g/mol. The Hall–Kier alpha value is -2.00. The molecule has 3 rings (SSSR count). The van der Waals surface area contributed by atoms with Crippen molar-refractivity contribution in [2.75, 3.05) is 13.7 Å². The van der Waals surface area contributed by atoms with Crippen LogP contribution in [0.15, 0.2) is 54.6 Å². The molecule has 0 spiro atoms. The van der Waals surface area contributed by atoms with E-state index in [2.05, 4.69) is 24.3 Å². The predicted octanol–water partition coefficient (Wildman–Crippen LogP) is 6.51. The molecule has 0 aromatic heterocycles. The minimum Gasteiger partial charge on any atom is -0.384 e. The van der Waals surface area contributed by atoms with Crippen LogP contribution in [0.2, 0.25) is 0 Å². The Morgan fingerprint density at radius 3 is 2.00 bits per heavy atom. The van der Waals surface area contributed by atoms with Crippen molar-refractivity contribution in [1.82, 2.24) is 0 Å². The van der Waals surface area contributed by atoms with Crippen molar-refractivity contribution in [1.29, 1.82) is 0 Å². The Bertz CT molecular complexity index is 692. The summed E-state index contributed by atoms with van der Waals surface area (Å²) >= 11 is 0. The lowest BCUT2D eigenvalue weighted by molar-refractivity contribution is 0.127. The third-order valence-corrected chi connectivity index (χ3v) is 5.15. The van der Waals surface area contributed by atoms with E-state index in [9.17, 15) is 8.78 Å². The smallest absolute Gasteiger partial charge is 0.270 e. The first-order chi connectivity index (χ1) is 12.2. The van der Waals surface area contributed by atoms with Crippen LogP contribution in [0, 0.1) is 5.92 Å². The largest absolute Gasteiger partial charge is 0.384 e. The fraction of sp³-hybridized carbons (Fsp3) is 0.364. The molecule has 2 aromatic rings. The Labute approximate surface area is 148 Å². The molecule has 0 radical (unpaired) electrons. The van der Waals surface area contributed by atoms with Crippen molar-refractivity contribution < 1.29 is 13.5 Å². The lowest BCUT2D eigenvalue weighted by Gasteiger charge is -2.28. The number of halogens is 2. The normalized spacial score (nSPS) is 20.3. The Kier molecular flexibility index (Phi) is 5.98. The average molecular weight is 342 g/mol. The van der Waals surface area contributed by atoms with Gasteiger partial charge >= 0.3 is 0 Å². The van der Waals surface area contributed by atoms with Crippen LogP contribution >= 0.6 is 0 Å². The summed E-state index contributed by atoms with van der Waals surface area (Å²) in [6.45, 7) is 0.878. The second kappa shape index (κ2) is 8.39. The molecule has 0 aliphatic heterocycles. The van der Waals surface area contributed by atoms with Crippen molar-refractivity contribution >= 4 is 6.08 Å². The SMILES string of the molecule is COCC1CCC(c2ccc(-c3ccc(C=C(F)F)cc3)cc2)CC1. The van der Waals surface area contributed by atoms with E-state index in [4.69, 9.17) is 4.74 Å². The second-order valence-corrected chi connectivity index (χ2v) is 6.85. The highest BCUT2D eigenvalue weighted by atomic mass is 19.3. The molecule has 3 heteroatoms. The van der Waals surface area contributed by atoms with E-state index < -0.39 is 6.08 Å². The summed E-state index contributed by atoms with van der Waals surface area (Å²) < 4.78 is 29.8. The van der Waals surface area contributed by atoms with E-state index in [1.807, 2.05) is 12.1 Å². The van der Waals surface area contributed by atoms with Crippen molar-refractivity contribution in [2.45, 2.75) is 31.6 Å². The summed E-state index contributed by atoms with van der Waals surface area (Å²) in [5.74, 6) is 1.35. The fourth-order valence-corrected chi connectivity index (χ4v) is 3.74. The number of ether oxygens (including phenoxy) is 1. The van der Waals surface area contributed by atoms with Crippen LogP contribution in [0.1, 0.15) is 42.7 Å². The van der Waals surface area contributed by atoms with E-state index in [1.54, 1.807) is 19.2 Å². The molecule has 1 fully saturated rings. The first-order valence-electron chi connectivity index (χ1n) is 8.87. The van der Waals surface area contributed by atoms with Crippen molar-refractivity contribution in [3.8, 4) is 11.1 Å². The highest BCUT2D eigenvalue weighted by Crippen LogP contribution is 2.36. The fourth-order valence-electron chi connectivity index (χ4n) is 3.74. The van der Waals surface area contributed by atoms with Crippen LogP contribution in [-0.4, -0.2) is 13.7 Å². The molecular formula is C22H24F2O. The van der Waals surface area contributed by atoms with Crippen LogP contribution in [0.4, 0.5) is 8.78 Å². The van der Waals surface area contributed by atoms with Crippen LogP contribution < -0.4 is 0 Å². The highest BCUT2D eigenvalue weighted by Gasteiger charge is 2.22. The zero-order chi connectivity index (χ0) is 17.6. The molecule has 1 aliphatic carbocycles. The minimum absolute atomic E-state index is 0.521. The molecule has 0 amide bonds. The van der Waals surface area contributed by atoms with Gasteiger partial charge in [-0.25, -0.2) is 0 Å². The molecule has 1 aliphatic rings. The molecule has 0 atom stereocenters. The topological polar surface area (TPSA) is 9.23 Å². The summed E-state index contributed by atoms with van der Waals surface area (Å²) in [5.41, 5.74) is 4.09. The van der Waals surface area contributed by atoms with Gasteiger partial charge in [-0.15, -0.1) is 0 Å². The third kappa shape index (κ3) is 4.76. The molecule has 0 heterocycles. The van der Waals surface area contributed by atoms with Crippen molar-refractivity contribution in [3.63, 3.8) is 0 Å². The lowest BCUT2D eigenvalue weighted by atomic mass is 9.79. The molecule has 0 bridgehead atoms. The molecule has 1 nitrogen and oxygen atoms in total. The second-order valence-electron chi connectivity index (χ2n) is 6.85. The number of rotatable bonds is 5. The molecule has 1 saturated carbocycles. The number of benzene rings is 2. The van der Waals surface area contributed by atoms with Crippen LogP contribution in [0.5, 0.6) is 0 Å². The van der Waals surface area contributed by atoms with Gasteiger partial charge in [-0.2, -0.15) is 8.78 Å². The van der Waals surface area contributed by atoms with Crippen LogP contribution in [0.3, 0.4) is 0 Å². The van der Waals surface area contributed by atoms with Gasteiger partial charge in [-0.1, -0.05) is 48.5 Å². The van der Waals surface area contributed by atoms with Gasteiger partial charge in [-0.05, 0) is 59.8 Å². The summed E-state index contributed by atoms with van der Waals surface area (Å²) in [4.78, 5) is 0. The maximum absolute atomic E-state index is 12.3. The van der Waals surface area contributed by atoms with Gasteiger partial charge in [0.15, 0.2) is 0 Å². The maximum Gasteiger partial charge on any atom is 0.270 e. The van der Waals surface area contributed by atoms with E-state index in [0.29, 0.717) is 17.4 Å². The van der Waals surface area contributed by atoms with Crippen LogP contribution in [-0.2, 0) is 4.74 Å². The highest BCUT2D eigenvalue weighted by molar-refractivity contribution is 5.66. The summed E-state index contributed by atoms with van der Waals surface area (Å²) in [5, 5.41) is 0. The van der Waals surface area contributed by atoms with Crippen molar-refractivity contribution in [3.05, 3.63) is 65.7 Å². The summed E-state index contributed by atoms with van der Waals surface area (Å²) in [6, 6.07) is 15.9. The van der Waals surface area contributed by atoms with Gasteiger partial charge in [0.05, 0.1) is 0 Å². The Balaban J connectivity index is 1.65. The Morgan fingerprint density at radius 2 is 1.48 bits per heavy atom. The van der Waals surface area contributed by atoms with Crippen LogP contribution in [0.25, 0.3) is 17.2 Å². The quantitative estimate of drug-likeness (QED) is 0.602. The van der Waals surface area contributed by atoms with E-state index in [0.717, 1.165) is 23.8 Å². The lowest BCUT2D eigenvalue weighted by Crippen LogP contribution is -2.17. The standard InChI is InChI=1S/C22H24F2O/c1-25-15-17-4-8-19(9-5-17)21-12-10-20(11-13-21)18-6-2-16(3-7-18)14-22(23)24/h2-3,6-7,10-14,17,19H,4-5,8-9,15H2,1H3. The van der Waals surface area contributed by atoms with E-state index >= 15 is 0 Å². The summed E-state index contributed by atoms with van der Waals surface area (Å²) in [6.07, 6.45) is 4.14. The predicted molar refractivity (Wildman–Crippen MR) is 98.6 cm³/mol. The zero-order valence-electron chi connectivity index (χ0n) is 14.6. The number of methoxy groups -OCH3 is 1. The minimum atomic E-state index is -1.67. The molecule has 0 N–H and O–H groups in total. The first-order valence-corrected chi connectivity index (χ1v) is 8.87. The zero-order valence-corrected chi connectivity index (χ0v) is 14.6. The number of hydrogen-bond acceptors (Lipinski definition) is 1. The van der Waals surface area contributed by atoms with Gasteiger partial charge in [0.1, 0.15) is 0 Å². The molecule has 25 heavy (non-hydrogen) atoms. The summed E-state index contributed by atoms with van der Waals surface area (Å²) in [7, 11) is 1.78. The average Bonchev–Trinajstić information content (AvgIpc) is 2.63. The van der Waals surface area contributed by atoms with Crippen molar-refractivity contribution in [2.24, 2.45) is 5.92 Å². The monoisotopic (exact) mass is 342 g/mol. The Morgan fingerprint density at radius 1 is 0.920 bits per heavy atom. The van der Waals surface area contributed by atoms with Gasteiger partial charge < -0.3 is 4.74 Å². The van der Waals surface area contributed by atoms with Gasteiger partial charge in [0.25, 0.3) is 6.08 Å². The number of hydrogen-bond donors (Lipinski definition) is 0. The maximum atomic E-state index is 12.3. The van der Waals surface area contributed by atoms with Gasteiger partial charge in [0.2, 0.25) is 0 Å². The van der Waals surface area contributed by atoms with Gasteiger partial charge in [-0.3, -0.25) is 0 Å². The molecule has 2 aromatic carbocycles.